The number of pyridine rings is 1. The van der Waals surface area contributed by atoms with Gasteiger partial charge in [0, 0.05) is 24.0 Å². The van der Waals surface area contributed by atoms with Gasteiger partial charge in [0.1, 0.15) is 18.2 Å². The van der Waals surface area contributed by atoms with Gasteiger partial charge in [0.05, 0.1) is 5.02 Å². The number of rotatable bonds is 5. The fourth-order valence-electron chi connectivity index (χ4n) is 1.70. The number of nitrogens with two attached hydrogens (primary N) is 1. The molecule has 0 bridgehead atoms. The van der Waals surface area contributed by atoms with Crippen LogP contribution in [0, 0.1) is 5.82 Å². The van der Waals surface area contributed by atoms with Crippen molar-refractivity contribution < 1.29 is 9.13 Å². The highest BCUT2D eigenvalue weighted by molar-refractivity contribution is 6.31. The van der Waals surface area contributed by atoms with Crippen LogP contribution in [0.25, 0.3) is 0 Å². The van der Waals surface area contributed by atoms with E-state index in [-0.39, 0.29) is 12.4 Å². The molecule has 0 amide bonds. The molecule has 0 aliphatic carbocycles. The van der Waals surface area contributed by atoms with Crippen LogP contribution in [0.5, 0.6) is 5.75 Å². The topological polar surface area (TPSA) is 48.1 Å². The van der Waals surface area contributed by atoms with Gasteiger partial charge in [-0.05, 0) is 36.7 Å². The standard InChI is InChI=1S/C14H14ClFN2O/c15-14-8-18-4-2-11(14)9-19-13-6-10(1-3-17)5-12(16)7-13/h2,4-8H,1,3,9,17H2. The fourth-order valence-corrected chi connectivity index (χ4v) is 1.87. The Labute approximate surface area is 116 Å². The van der Waals surface area contributed by atoms with Gasteiger partial charge >= 0.3 is 0 Å². The first-order valence-electron chi connectivity index (χ1n) is 5.90. The maximum Gasteiger partial charge on any atom is 0.127 e. The maximum absolute atomic E-state index is 13.4. The minimum atomic E-state index is -0.332. The first kappa shape index (κ1) is 13.8. The molecule has 0 unspecified atom stereocenters. The van der Waals surface area contributed by atoms with Gasteiger partial charge < -0.3 is 10.5 Å². The molecule has 1 aromatic heterocycles. The Hall–Kier alpha value is -1.65. The molecule has 2 aromatic rings. The highest BCUT2D eigenvalue weighted by atomic mass is 35.5. The van der Waals surface area contributed by atoms with Crippen molar-refractivity contribution in [3.63, 3.8) is 0 Å². The molecule has 3 nitrogen and oxygen atoms in total. The molecule has 0 atom stereocenters. The van der Waals surface area contributed by atoms with E-state index in [1.165, 1.54) is 12.1 Å². The molecule has 5 heteroatoms. The van der Waals surface area contributed by atoms with Gasteiger partial charge in [-0.15, -0.1) is 0 Å². The lowest BCUT2D eigenvalue weighted by molar-refractivity contribution is 0.304. The Balaban J connectivity index is 2.09. The molecule has 100 valence electrons. The molecule has 0 aliphatic rings. The van der Waals surface area contributed by atoms with Crippen LogP contribution in [0.4, 0.5) is 4.39 Å². The Morgan fingerprint density at radius 1 is 1.32 bits per heavy atom. The van der Waals surface area contributed by atoms with E-state index in [1.807, 2.05) is 0 Å². The van der Waals surface area contributed by atoms with Crippen LogP contribution in [0.3, 0.4) is 0 Å². The van der Waals surface area contributed by atoms with E-state index in [1.54, 1.807) is 24.5 Å². The summed E-state index contributed by atoms with van der Waals surface area (Å²) >= 11 is 5.97. The van der Waals surface area contributed by atoms with Crippen LogP contribution in [-0.4, -0.2) is 11.5 Å². The second-order valence-corrected chi connectivity index (χ2v) is 4.50. The second kappa shape index (κ2) is 6.50. The summed E-state index contributed by atoms with van der Waals surface area (Å²) in [5, 5.41) is 0.529. The van der Waals surface area contributed by atoms with Crippen molar-refractivity contribution in [2.24, 2.45) is 5.73 Å². The zero-order valence-electron chi connectivity index (χ0n) is 10.3. The van der Waals surface area contributed by atoms with E-state index in [2.05, 4.69) is 4.98 Å². The van der Waals surface area contributed by atoms with Crippen LogP contribution < -0.4 is 10.5 Å². The summed E-state index contributed by atoms with van der Waals surface area (Å²) in [6.45, 7) is 0.742. The van der Waals surface area contributed by atoms with Crippen molar-refractivity contribution in [3.05, 3.63) is 58.6 Å². The number of hydrogen-bond donors (Lipinski definition) is 1. The first-order chi connectivity index (χ1) is 9.19. The van der Waals surface area contributed by atoms with Crippen LogP contribution >= 0.6 is 11.6 Å². The van der Waals surface area contributed by atoms with Crippen molar-refractivity contribution in [3.8, 4) is 5.75 Å². The molecule has 0 spiro atoms. The minimum Gasteiger partial charge on any atom is -0.489 e. The van der Waals surface area contributed by atoms with Crippen molar-refractivity contribution in [2.45, 2.75) is 13.0 Å². The largest absolute Gasteiger partial charge is 0.489 e. The molecule has 0 aliphatic heterocycles. The van der Waals surface area contributed by atoms with Crippen LogP contribution in [0.1, 0.15) is 11.1 Å². The van der Waals surface area contributed by atoms with E-state index < -0.39 is 0 Å². The second-order valence-electron chi connectivity index (χ2n) is 4.09. The lowest BCUT2D eigenvalue weighted by Gasteiger charge is -2.09. The number of ether oxygens (including phenoxy) is 1. The molecule has 2 rings (SSSR count). The summed E-state index contributed by atoms with van der Waals surface area (Å²) in [7, 11) is 0. The van der Waals surface area contributed by atoms with E-state index in [9.17, 15) is 4.39 Å². The average molecular weight is 281 g/mol. The number of halogens is 2. The molecule has 2 N–H and O–H groups in total. The van der Waals surface area contributed by atoms with Gasteiger partial charge in [-0.1, -0.05) is 11.6 Å². The Morgan fingerprint density at radius 2 is 2.16 bits per heavy atom. The summed E-state index contributed by atoms with van der Waals surface area (Å²) in [5.74, 6) is 0.137. The Morgan fingerprint density at radius 3 is 2.89 bits per heavy atom. The highest BCUT2D eigenvalue weighted by Crippen LogP contribution is 2.20. The molecular formula is C14H14ClFN2O. The van der Waals surface area contributed by atoms with Crippen LogP contribution in [-0.2, 0) is 13.0 Å². The fraction of sp³-hybridized carbons (Fsp3) is 0.214. The third-order valence-electron chi connectivity index (χ3n) is 2.61. The summed E-state index contributed by atoms with van der Waals surface area (Å²) in [6.07, 6.45) is 3.80. The SMILES string of the molecule is NCCc1cc(F)cc(OCc2ccncc2Cl)c1. The molecule has 19 heavy (non-hydrogen) atoms. The smallest absolute Gasteiger partial charge is 0.127 e. The lowest BCUT2D eigenvalue weighted by atomic mass is 10.1. The third kappa shape index (κ3) is 3.91. The van der Waals surface area contributed by atoms with Gasteiger partial charge in [0.2, 0.25) is 0 Å². The zero-order chi connectivity index (χ0) is 13.7. The van der Waals surface area contributed by atoms with Crippen LogP contribution in [0.2, 0.25) is 5.02 Å². The molecule has 0 saturated heterocycles. The monoisotopic (exact) mass is 280 g/mol. The molecular weight excluding hydrogens is 267 g/mol. The zero-order valence-corrected chi connectivity index (χ0v) is 11.0. The van der Waals surface area contributed by atoms with Gasteiger partial charge in [0.15, 0.2) is 0 Å². The number of benzene rings is 1. The molecule has 0 fully saturated rings. The van der Waals surface area contributed by atoms with Gasteiger partial charge in [-0.25, -0.2) is 4.39 Å². The van der Waals surface area contributed by atoms with Crippen molar-refractivity contribution in [2.75, 3.05) is 6.54 Å². The first-order valence-corrected chi connectivity index (χ1v) is 6.27. The predicted molar refractivity (Wildman–Crippen MR) is 72.7 cm³/mol. The average Bonchev–Trinajstić information content (AvgIpc) is 2.37. The Kier molecular flexibility index (Phi) is 4.71. The van der Waals surface area contributed by atoms with E-state index in [0.29, 0.717) is 23.7 Å². The van der Waals surface area contributed by atoms with Crippen molar-refractivity contribution >= 4 is 11.6 Å². The summed E-state index contributed by atoms with van der Waals surface area (Å²) < 4.78 is 18.9. The Bertz CT molecular complexity index is 563. The van der Waals surface area contributed by atoms with E-state index in [4.69, 9.17) is 22.1 Å². The molecule has 1 heterocycles. The van der Waals surface area contributed by atoms with Gasteiger partial charge in [-0.3, -0.25) is 4.98 Å². The molecule has 0 radical (unpaired) electrons. The van der Waals surface area contributed by atoms with E-state index >= 15 is 0 Å². The number of aromatic nitrogens is 1. The minimum absolute atomic E-state index is 0.271. The lowest BCUT2D eigenvalue weighted by Crippen LogP contribution is -2.04. The van der Waals surface area contributed by atoms with Crippen molar-refractivity contribution in [1.82, 2.24) is 4.98 Å². The van der Waals surface area contributed by atoms with Crippen molar-refractivity contribution in [1.29, 1.82) is 0 Å². The third-order valence-corrected chi connectivity index (χ3v) is 2.96. The van der Waals surface area contributed by atoms with Crippen LogP contribution in [0.15, 0.2) is 36.7 Å². The van der Waals surface area contributed by atoms with Gasteiger partial charge in [-0.2, -0.15) is 0 Å². The summed E-state index contributed by atoms with van der Waals surface area (Å²) in [4.78, 5) is 3.89. The quantitative estimate of drug-likeness (QED) is 0.916. The maximum atomic E-state index is 13.4. The normalized spacial score (nSPS) is 10.5. The van der Waals surface area contributed by atoms with Gasteiger partial charge in [0.25, 0.3) is 0 Å². The molecule has 1 aromatic carbocycles. The highest BCUT2D eigenvalue weighted by Gasteiger charge is 2.04. The summed E-state index contributed by atoms with van der Waals surface area (Å²) in [5.41, 5.74) is 7.08. The predicted octanol–water partition coefficient (Wildman–Crippen LogP) is 2.95. The number of hydrogen-bond acceptors (Lipinski definition) is 3. The summed E-state index contributed by atoms with van der Waals surface area (Å²) in [6, 6.07) is 6.35. The molecule has 0 saturated carbocycles. The van der Waals surface area contributed by atoms with E-state index in [0.717, 1.165) is 11.1 Å². The number of nitrogens with zero attached hydrogens (tertiary/aromatic N) is 1.